The third-order valence-electron chi connectivity index (χ3n) is 3.86. The van der Waals surface area contributed by atoms with Crippen LogP contribution in [0.4, 0.5) is 0 Å². The first-order chi connectivity index (χ1) is 9.20. The van der Waals surface area contributed by atoms with Crippen LogP contribution in [0.3, 0.4) is 0 Å². The number of ether oxygens (including phenoxy) is 1. The summed E-state index contributed by atoms with van der Waals surface area (Å²) in [6.07, 6.45) is 2.52. The van der Waals surface area contributed by atoms with Crippen LogP contribution in [0.5, 0.6) is 0 Å². The van der Waals surface area contributed by atoms with Gasteiger partial charge in [-0.1, -0.05) is 38.1 Å². The van der Waals surface area contributed by atoms with Crippen LogP contribution < -0.4 is 5.32 Å². The maximum absolute atomic E-state index is 5.04. The minimum absolute atomic E-state index is 0.740. The van der Waals surface area contributed by atoms with E-state index < -0.39 is 0 Å². The number of hydrogen-bond acceptors (Lipinski definition) is 2. The van der Waals surface area contributed by atoms with Gasteiger partial charge in [-0.2, -0.15) is 0 Å². The van der Waals surface area contributed by atoms with Crippen LogP contribution in [0.25, 0.3) is 0 Å². The van der Waals surface area contributed by atoms with Gasteiger partial charge in [0, 0.05) is 13.7 Å². The molecule has 1 saturated carbocycles. The highest BCUT2D eigenvalue weighted by molar-refractivity contribution is 5.29. The van der Waals surface area contributed by atoms with Crippen molar-refractivity contribution < 1.29 is 4.74 Å². The normalized spacial score (nSPS) is 21.9. The van der Waals surface area contributed by atoms with Crippen LogP contribution in [0.15, 0.2) is 24.3 Å². The molecule has 2 atom stereocenters. The molecule has 0 aliphatic heterocycles. The van der Waals surface area contributed by atoms with Crippen LogP contribution >= 0.6 is 0 Å². The molecule has 1 fully saturated rings. The largest absolute Gasteiger partial charge is 0.383 e. The maximum Gasteiger partial charge on any atom is 0.0587 e. The van der Waals surface area contributed by atoms with Crippen molar-refractivity contribution in [3.05, 3.63) is 35.4 Å². The predicted octanol–water partition coefficient (Wildman–Crippen LogP) is 3.22. The molecule has 1 aliphatic rings. The molecule has 0 amide bonds. The second-order valence-corrected chi connectivity index (χ2v) is 6.14. The van der Waals surface area contributed by atoms with Gasteiger partial charge in [0.05, 0.1) is 6.61 Å². The molecule has 0 saturated heterocycles. The number of methoxy groups -OCH3 is 1. The summed E-state index contributed by atoms with van der Waals surface area (Å²) in [6, 6.07) is 9.28. The van der Waals surface area contributed by atoms with E-state index >= 15 is 0 Å². The van der Waals surface area contributed by atoms with E-state index in [1.165, 1.54) is 24.0 Å². The summed E-state index contributed by atoms with van der Waals surface area (Å²) in [4.78, 5) is 0. The quantitative estimate of drug-likeness (QED) is 0.725. The van der Waals surface area contributed by atoms with Crippen molar-refractivity contribution in [2.24, 2.45) is 11.8 Å². The molecule has 0 heterocycles. The Kier molecular flexibility index (Phi) is 5.41. The summed E-state index contributed by atoms with van der Waals surface area (Å²) in [6.45, 7) is 7.45. The lowest BCUT2D eigenvalue weighted by atomic mass is 10.00. The third-order valence-corrected chi connectivity index (χ3v) is 3.86. The Morgan fingerprint density at radius 1 is 1.26 bits per heavy atom. The Hall–Kier alpha value is -0.860. The molecule has 0 aromatic heterocycles. The molecule has 0 bridgehead atoms. The van der Waals surface area contributed by atoms with Gasteiger partial charge in [-0.05, 0) is 48.3 Å². The minimum atomic E-state index is 0.740. The molecule has 0 radical (unpaired) electrons. The van der Waals surface area contributed by atoms with Crippen molar-refractivity contribution in [3.8, 4) is 0 Å². The zero-order valence-electron chi connectivity index (χ0n) is 12.5. The molecular formula is C17H27NO. The molecule has 106 valence electrons. The average Bonchev–Trinajstić information content (AvgIpc) is 3.14. The van der Waals surface area contributed by atoms with Gasteiger partial charge in [-0.3, -0.25) is 0 Å². The average molecular weight is 261 g/mol. The van der Waals surface area contributed by atoms with Gasteiger partial charge in [0.15, 0.2) is 0 Å². The zero-order chi connectivity index (χ0) is 13.7. The first-order valence-electron chi connectivity index (χ1n) is 7.49. The summed E-state index contributed by atoms with van der Waals surface area (Å²) in [5, 5.41) is 3.46. The van der Waals surface area contributed by atoms with Crippen LogP contribution in [0.2, 0.25) is 0 Å². The van der Waals surface area contributed by atoms with E-state index in [-0.39, 0.29) is 0 Å². The molecule has 1 aromatic carbocycles. The van der Waals surface area contributed by atoms with E-state index in [2.05, 4.69) is 43.4 Å². The van der Waals surface area contributed by atoms with Gasteiger partial charge in [-0.15, -0.1) is 0 Å². The number of rotatable bonds is 8. The molecule has 2 rings (SSSR count). The molecule has 1 aromatic rings. The topological polar surface area (TPSA) is 21.3 Å². The third kappa shape index (κ3) is 4.63. The summed E-state index contributed by atoms with van der Waals surface area (Å²) < 4.78 is 5.04. The van der Waals surface area contributed by atoms with E-state index in [1.54, 1.807) is 7.11 Å². The van der Waals surface area contributed by atoms with Crippen LogP contribution in [-0.4, -0.2) is 26.8 Å². The molecule has 2 unspecified atom stereocenters. The molecule has 1 N–H and O–H groups in total. The molecule has 2 heteroatoms. The fourth-order valence-electron chi connectivity index (χ4n) is 2.72. The standard InChI is InChI=1S/C17H27NO/c1-13(2)10-14-4-6-15(7-5-14)17-11-16(17)12-18-8-9-19-3/h4-7,13,16-18H,8-12H2,1-3H3. The summed E-state index contributed by atoms with van der Waals surface area (Å²) >= 11 is 0. The van der Waals surface area contributed by atoms with Crippen LogP contribution in [0, 0.1) is 11.8 Å². The highest BCUT2D eigenvalue weighted by Gasteiger charge is 2.37. The van der Waals surface area contributed by atoms with Gasteiger partial charge in [-0.25, -0.2) is 0 Å². The highest BCUT2D eigenvalue weighted by Crippen LogP contribution is 2.46. The smallest absolute Gasteiger partial charge is 0.0587 e. The number of hydrogen-bond donors (Lipinski definition) is 1. The zero-order valence-corrected chi connectivity index (χ0v) is 12.5. The van der Waals surface area contributed by atoms with Crippen molar-refractivity contribution in [2.45, 2.75) is 32.6 Å². The molecule has 0 spiro atoms. The summed E-state index contributed by atoms with van der Waals surface area (Å²) in [5.74, 6) is 2.35. The molecule has 2 nitrogen and oxygen atoms in total. The van der Waals surface area contributed by atoms with Gasteiger partial charge in [0.25, 0.3) is 0 Å². The number of nitrogens with one attached hydrogen (secondary N) is 1. The summed E-state index contributed by atoms with van der Waals surface area (Å²) in [5.41, 5.74) is 2.99. The van der Waals surface area contributed by atoms with Gasteiger partial charge < -0.3 is 10.1 Å². The second-order valence-electron chi connectivity index (χ2n) is 6.14. The number of benzene rings is 1. The van der Waals surface area contributed by atoms with Crippen molar-refractivity contribution in [1.82, 2.24) is 5.32 Å². The maximum atomic E-state index is 5.04. The SMILES string of the molecule is COCCNCC1CC1c1ccc(CC(C)C)cc1. The Labute approximate surface area is 117 Å². The van der Waals surface area contributed by atoms with Crippen molar-refractivity contribution in [1.29, 1.82) is 0 Å². The predicted molar refractivity (Wildman–Crippen MR) is 80.6 cm³/mol. The Morgan fingerprint density at radius 2 is 2.00 bits per heavy atom. The van der Waals surface area contributed by atoms with E-state index in [9.17, 15) is 0 Å². The lowest BCUT2D eigenvalue weighted by molar-refractivity contribution is 0.199. The minimum Gasteiger partial charge on any atom is -0.383 e. The first-order valence-corrected chi connectivity index (χ1v) is 7.49. The van der Waals surface area contributed by atoms with Gasteiger partial charge in [0.2, 0.25) is 0 Å². The molecular weight excluding hydrogens is 234 g/mol. The lowest BCUT2D eigenvalue weighted by Crippen LogP contribution is -2.21. The fourth-order valence-corrected chi connectivity index (χ4v) is 2.72. The van der Waals surface area contributed by atoms with E-state index in [0.717, 1.165) is 37.5 Å². The molecule has 1 aliphatic carbocycles. The van der Waals surface area contributed by atoms with E-state index in [1.807, 2.05) is 0 Å². The van der Waals surface area contributed by atoms with Crippen molar-refractivity contribution >= 4 is 0 Å². The summed E-state index contributed by atoms with van der Waals surface area (Å²) in [7, 11) is 1.75. The van der Waals surface area contributed by atoms with Gasteiger partial charge in [0.1, 0.15) is 0 Å². The first kappa shape index (κ1) is 14.5. The Bertz CT molecular complexity index is 371. The fraction of sp³-hybridized carbons (Fsp3) is 0.647. The van der Waals surface area contributed by atoms with Crippen molar-refractivity contribution in [3.63, 3.8) is 0 Å². The van der Waals surface area contributed by atoms with Crippen LogP contribution in [-0.2, 0) is 11.2 Å². The monoisotopic (exact) mass is 261 g/mol. The lowest BCUT2D eigenvalue weighted by Gasteiger charge is -2.07. The highest BCUT2D eigenvalue weighted by atomic mass is 16.5. The van der Waals surface area contributed by atoms with Crippen molar-refractivity contribution in [2.75, 3.05) is 26.8 Å². The van der Waals surface area contributed by atoms with Crippen LogP contribution in [0.1, 0.15) is 37.3 Å². The molecule has 19 heavy (non-hydrogen) atoms. The Balaban J connectivity index is 1.74. The second kappa shape index (κ2) is 7.06. The Morgan fingerprint density at radius 3 is 2.63 bits per heavy atom. The van der Waals surface area contributed by atoms with E-state index in [4.69, 9.17) is 4.74 Å². The van der Waals surface area contributed by atoms with Gasteiger partial charge >= 0.3 is 0 Å². The van der Waals surface area contributed by atoms with E-state index in [0.29, 0.717) is 0 Å².